The fourth-order valence-electron chi connectivity index (χ4n) is 1.81. The van der Waals surface area contributed by atoms with Crippen molar-refractivity contribution in [3.63, 3.8) is 0 Å². The van der Waals surface area contributed by atoms with Gasteiger partial charge in [-0.2, -0.15) is 0 Å². The van der Waals surface area contributed by atoms with Gasteiger partial charge in [0.15, 0.2) is 0 Å². The zero-order chi connectivity index (χ0) is 14.4. The van der Waals surface area contributed by atoms with Gasteiger partial charge in [0.1, 0.15) is 11.5 Å². The van der Waals surface area contributed by atoms with Gasteiger partial charge < -0.3 is 9.31 Å². The van der Waals surface area contributed by atoms with Crippen LogP contribution in [-0.4, -0.2) is 23.3 Å². The highest BCUT2D eigenvalue weighted by atomic mass is 19.3. The number of nitrogens with zero attached hydrogens (tertiary/aromatic N) is 1. The van der Waals surface area contributed by atoms with Crippen LogP contribution in [0, 0.1) is 5.82 Å². The first-order valence-corrected chi connectivity index (χ1v) is 5.93. The molecule has 0 aromatic carbocycles. The second kappa shape index (κ2) is 4.49. The SMILES string of the molecule is CC1(C)OB(c2cc(F)cnc2C(F)F)OC1(C)C. The van der Waals surface area contributed by atoms with E-state index in [9.17, 15) is 13.2 Å². The summed E-state index contributed by atoms with van der Waals surface area (Å²) in [6.45, 7) is 7.17. The topological polar surface area (TPSA) is 31.4 Å². The zero-order valence-electron chi connectivity index (χ0n) is 11.2. The van der Waals surface area contributed by atoms with E-state index >= 15 is 0 Å². The summed E-state index contributed by atoms with van der Waals surface area (Å²) < 4.78 is 50.3. The number of rotatable bonds is 2. The molecule has 7 heteroatoms. The van der Waals surface area contributed by atoms with Crippen molar-refractivity contribution in [2.75, 3.05) is 0 Å². The van der Waals surface area contributed by atoms with Gasteiger partial charge in [-0.1, -0.05) is 0 Å². The van der Waals surface area contributed by atoms with Gasteiger partial charge in [-0.05, 0) is 33.8 Å². The Bertz CT molecular complexity index is 478. The fourth-order valence-corrected chi connectivity index (χ4v) is 1.81. The molecule has 104 valence electrons. The van der Waals surface area contributed by atoms with E-state index in [0.29, 0.717) is 0 Å². The van der Waals surface area contributed by atoms with Crippen molar-refractivity contribution in [3.05, 3.63) is 23.8 Å². The van der Waals surface area contributed by atoms with E-state index in [2.05, 4.69) is 4.98 Å². The number of aromatic nitrogens is 1. The van der Waals surface area contributed by atoms with E-state index < -0.39 is 36.3 Å². The molecule has 2 heterocycles. The number of hydrogen-bond acceptors (Lipinski definition) is 3. The maximum atomic E-state index is 13.2. The van der Waals surface area contributed by atoms with E-state index in [1.807, 2.05) is 0 Å². The Hall–Kier alpha value is -1.08. The minimum absolute atomic E-state index is 0.0614. The smallest absolute Gasteiger partial charge is 0.399 e. The lowest BCUT2D eigenvalue weighted by Gasteiger charge is -2.32. The first-order valence-electron chi connectivity index (χ1n) is 5.93. The standard InChI is InChI=1S/C12H15BF3NO2/c1-11(2)12(3,4)19-13(18-11)8-5-7(14)6-17-9(8)10(15)16/h5-6,10H,1-4H3. The van der Waals surface area contributed by atoms with Gasteiger partial charge >= 0.3 is 7.12 Å². The Morgan fingerprint density at radius 2 is 1.68 bits per heavy atom. The van der Waals surface area contributed by atoms with Crippen LogP contribution in [0.15, 0.2) is 12.3 Å². The summed E-state index contributed by atoms with van der Waals surface area (Å²) in [7, 11) is -1.04. The molecule has 0 amide bonds. The maximum Gasteiger partial charge on any atom is 0.497 e. The Labute approximate surface area is 110 Å². The van der Waals surface area contributed by atoms with Crippen molar-refractivity contribution in [2.24, 2.45) is 0 Å². The second-order valence-electron chi connectivity index (χ2n) is 5.52. The average molecular weight is 273 g/mol. The molecule has 0 radical (unpaired) electrons. The third kappa shape index (κ3) is 2.49. The third-order valence-electron chi connectivity index (χ3n) is 3.63. The highest BCUT2D eigenvalue weighted by molar-refractivity contribution is 6.62. The molecular weight excluding hydrogens is 258 g/mol. The number of alkyl halides is 2. The predicted octanol–water partition coefficient (Wildman–Crippen LogP) is 2.46. The maximum absolute atomic E-state index is 13.2. The van der Waals surface area contributed by atoms with E-state index in [1.54, 1.807) is 27.7 Å². The number of pyridine rings is 1. The molecule has 0 atom stereocenters. The molecule has 0 N–H and O–H groups in total. The summed E-state index contributed by atoms with van der Waals surface area (Å²) >= 11 is 0. The first-order chi connectivity index (χ1) is 8.64. The third-order valence-corrected chi connectivity index (χ3v) is 3.63. The predicted molar refractivity (Wildman–Crippen MR) is 64.9 cm³/mol. The molecule has 0 saturated carbocycles. The van der Waals surface area contributed by atoms with Crippen molar-refractivity contribution in [2.45, 2.75) is 45.3 Å². The van der Waals surface area contributed by atoms with Gasteiger partial charge in [0.2, 0.25) is 0 Å². The summed E-state index contributed by atoms with van der Waals surface area (Å²) in [6.07, 6.45) is -2.05. The summed E-state index contributed by atoms with van der Waals surface area (Å²) in [5, 5.41) is 0. The molecule has 0 bridgehead atoms. The lowest BCUT2D eigenvalue weighted by Crippen LogP contribution is -2.41. The molecule has 19 heavy (non-hydrogen) atoms. The summed E-state index contributed by atoms with van der Waals surface area (Å²) in [5.74, 6) is -0.700. The number of halogens is 3. The van der Waals surface area contributed by atoms with Gasteiger partial charge in [0.25, 0.3) is 6.43 Å². The summed E-state index contributed by atoms with van der Waals surface area (Å²) in [6, 6.07) is 0.983. The largest absolute Gasteiger partial charge is 0.497 e. The second-order valence-corrected chi connectivity index (χ2v) is 5.52. The van der Waals surface area contributed by atoms with Crippen molar-refractivity contribution in [1.29, 1.82) is 0 Å². The lowest BCUT2D eigenvalue weighted by atomic mass is 9.77. The Morgan fingerprint density at radius 3 is 2.16 bits per heavy atom. The van der Waals surface area contributed by atoms with Gasteiger partial charge in [-0.3, -0.25) is 4.98 Å². The van der Waals surface area contributed by atoms with E-state index in [-0.39, 0.29) is 5.46 Å². The minimum Gasteiger partial charge on any atom is -0.399 e. The molecule has 0 aliphatic carbocycles. The average Bonchev–Trinajstić information content (AvgIpc) is 2.47. The molecule has 3 nitrogen and oxygen atoms in total. The van der Waals surface area contributed by atoms with Crippen LogP contribution in [0.25, 0.3) is 0 Å². The minimum atomic E-state index is -2.81. The Kier molecular flexibility index (Phi) is 3.39. The van der Waals surface area contributed by atoms with Crippen LogP contribution < -0.4 is 5.46 Å². The molecule has 1 aromatic rings. The van der Waals surface area contributed by atoms with E-state index in [1.165, 1.54) is 0 Å². The van der Waals surface area contributed by atoms with Crippen LogP contribution >= 0.6 is 0 Å². The molecule has 1 aliphatic heterocycles. The molecule has 1 aliphatic rings. The van der Waals surface area contributed by atoms with Gasteiger partial charge in [0, 0.05) is 5.46 Å². The first kappa shape index (κ1) is 14.3. The van der Waals surface area contributed by atoms with Crippen LogP contribution in [0.2, 0.25) is 0 Å². The monoisotopic (exact) mass is 273 g/mol. The van der Waals surface area contributed by atoms with Crippen molar-refractivity contribution in [1.82, 2.24) is 4.98 Å². The quantitative estimate of drug-likeness (QED) is 0.775. The fraction of sp³-hybridized carbons (Fsp3) is 0.583. The van der Waals surface area contributed by atoms with Crippen LogP contribution in [0.5, 0.6) is 0 Å². The number of hydrogen-bond donors (Lipinski definition) is 0. The van der Waals surface area contributed by atoms with Crippen LogP contribution in [0.3, 0.4) is 0 Å². The molecule has 1 saturated heterocycles. The van der Waals surface area contributed by atoms with Crippen molar-refractivity contribution < 1.29 is 22.5 Å². The normalized spacial score (nSPS) is 21.2. The zero-order valence-corrected chi connectivity index (χ0v) is 11.2. The van der Waals surface area contributed by atoms with Crippen LogP contribution in [0.1, 0.15) is 39.8 Å². The molecule has 2 rings (SSSR count). The van der Waals surface area contributed by atoms with E-state index in [4.69, 9.17) is 9.31 Å². The van der Waals surface area contributed by atoms with E-state index in [0.717, 1.165) is 12.3 Å². The molecule has 0 unspecified atom stereocenters. The summed E-state index contributed by atoms with van der Waals surface area (Å²) in [4.78, 5) is 3.43. The lowest BCUT2D eigenvalue weighted by molar-refractivity contribution is 0.00578. The van der Waals surface area contributed by atoms with Gasteiger partial charge in [-0.15, -0.1) is 0 Å². The summed E-state index contributed by atoms with van der Waals surface area (Å²) in [5.41, 5.74) is -1.93. The molecule has 0 spiro atoms. The van der Waals surface area contributed by atoms with Crippen molar-refractivity contribution in [3.8, 4) is 0 Å². The Morgan fingerprint density at radius 1 is 1.16 bits per heavy atom. The molecule has 1 fully saturated rings. The highest BCUT2D eigenvalue weighted by Crippen LogP contribution is 2.37. The van der Waals surface area contributed by atoms with Gasteiger partial charge in [0.05, 0.1) is 17.4 Å². The van der Waals surface area contributed by atoms with Crippen molar-refractivity contribution >= 4 is 12.6 Å². The van der Waals surface area contributed by atoms with Gasteiger partial charge in [-0.25, -0.2) is 13.2 Å². The molecular formula is C12H15BF3NO2. The Balaban J connectivity index is 2.41. The molecule has 1 aromatic heterocycles. The van der Waals surface area contributed by atoms with Crippen LogP contribution in [-0.2, 0) is 9.31 Å². The van der Waals surface area contributed by atoms with Crippen LogP contribution in [0.4, 0.5) is 13.2 Å². The highest BCUT2D eigenvalue weighted by Gasteiger charge is 2.52.